The summed E-state index contributed by atoms with van der Waals surface area (Å²) in [5.41, 5.74) is 10.1. The lowest BCUT2D eigenvalue weighted by Gasteiger charge is -2.35. The first-order valence-corrected chi connectivity index (χ1v) is 12.5. The fourth-order valence-electron chi connectivity index (χ4n) is 5.42. The Labute approximate surface area is 205 Å². The van der Waals surface area contributed by atoms with Gasteiger partial charge in [-0.2, -0.15) is 9.97 Å². The minimum atomic E-state index is -0.330. The van der Waals surface area contributed by atoms with Gasteiger partial charge in [0.1, 0.15) is 23.1 Å². The van der Waals surface area contributed by atoms with Crippen molar-refractivity contribution in [2.24, 2.45) is 0 Å². The number of benzene rings is 2. The summed E-state index contributed by atoms with van der Waals surface area (Å²) in [5, 5.41) is 3.47. The zero-order chi connectivity index (χ0) is 23.8. The quantitative estimate of drug-likeness (QED) is 0.530. The van der Waals surface area contributed by atoms with E-state index in [-0.39, 0.29) is 11.7 Å². The van der Waals surface area contributed by atoms with Gasteiger partial charge in [0.2, 0.25) is 5.95 Å². The molecule has 6 rings (SSSR count). The maximum absolute atomic E-state index is 13.2. The summed E-state index contributed by atoms with van der Waals surface area (Å²) in [6.45, 7) is 1.87. The smallest absolute Gasteiger partial charge is 0.229 e. The molecule has 3 heterocycles. The zero-order valence-corrected chi connectivity index (χ0v) is 19.7. The number of ketones is 1. The molecule has 35 heavy (non-hydrogen) atoms. The summed E-state index contributed by atoms with van der Waals surface area (Å²) in [6, 6.07) is 17.6. The van der Waals surface area contributed by atoms with Crippen molar-refractivity contribution in [3.63, 3.8) is 0 Å². The van der Waals surface area contributed by atoms with Crippen LogP contribution in [0.2, 0.25) is 0 Å². The van der Waals surface area contributed by atoms with E-state index >= 15 is 0 Å². The number of anilines is 3. The number of nitrogen functional groups attached to an aromatic ring is 1. The van der Waals surface area contributed by atoms with Crippen LogP contribution >= 0.6 is 0 Å². The fraction of sp³-hybridized carbons (Fsp3) is 0.321. The van der Waals surface area contributed by atoms with Gasteiger partial charge < -0.3 is 20.7 Å². The van der Waals surface area contributed by atoms with Crippen LogP contribution in [0.25, 0.3) is 0 Å². The summed E-state index contributed by atoms with van der Waals surface area (Å²) in [6.07, 6.45) is 5.70. The van der Waals surface area contributed by atoms with Crippen LogP contribution in [0.15, 0.2) is 65.9 Å². The van der Waals surface area contributed by atoms with Crippen molar-refractivity contribution in [1.82, 2.24) is 9.97 Å². The molecular weight excluding hydrogens is 438 g/mol. The number of fused-ring (bicyclic) bond motifs is 1. The molecule has 0 unspecified atom stereocenters. The van der Waals surface area contributed by atoms with Crippen molar-refractivity contribution in [1.29, 1.82) is 0 Å². The normalized spacial score (nSPS) is 19.6. The molecule has 2 aromatic carbocycles. The van der Waals surface area contributed by atoms with Crippen LogP contribution in [0.4, 0.5) is 17.6 Å². The SMILES string of the molecule is Nc1nc(N2CCCCC2)nc2c1[C@H](c1cccc(Oc3ccccc3)c1)C1=C(CCCC1=O)N2. The largest absolute Gasteiger partial charge is 0.457 e. The molecule has 3 aromatic rings. The second-order valence-electron chi connectivity index (χ2n) is 9.43. The summed E-state index contributed by atoms with van der Waals surface area (Å²) in [7, 11) is 0. The molecule has 0 saturated carbocycles. The summed E-state index contributed by atoms with van der Waals surface area (Å²) >= 11 is 0. The molecule has 0 spiro atoms. The lowest BCUT2D eigenvalue weighted by atomic mass is 9.76. The number of rotatable bonds is 4. The van der Waals surface area contributed by atoms with E-state index in [0.717, 1.165) is 66.9 Å². The number of hydrogen-bond donors (Lipinski definition) is 2. The van der Waals surface area contributed by atoms with E-state index in [2.05, 4.69) is 10.2 Å². The lowest BCUT2D eigenvalue weighted by Crippen LogP contribution is -2.33. The second-order valence-corrected chi connectivity index (χ2v) is 9.43. The third-order valence-corrected chi connectivity index (χ3v) is 7.08. The lowest BCUT2D eigenvalue weighted by molar-refractivity contribution is -0.116. The molecule has 1 aromatic heterocycles. The fourth-order valence-corrected chi connectivity index (χ4v) is 5.42. The van der Waals surface area contributed by atoms with Crippen molar-refractivity contribution in [2.75, 3.05) is 29.0 Å². The van der Waals surface area contributed by atoms with Gasteiger partial charge in [0.15, 0.2) is 5.78 Å². The van der Waals surface area contributed by atoms with Crippen LogP contribution in [-0.2, 0) is 4.79 Å². The van der Waals surface area contributed by atoms with E-state index in [9.17, 15) is 4.79 Å². The molecule has 3 aliphatic rings. The maximum Gasteiger partial charge on any atom is 0.229 e. The first kappa shape index (κ1) is 21.6. The van der Waals surface area contributed by atoms with Gasteiger partial charge in [-0.3, -0.25) is 4.79 Å². The standard InChI is InChI=1S/C28H29N5O2/c29-26-25-23(18-9-7-12-20(17-18)35-19-10-3-1-4-11-19)24-21(13-8-14-22(24)34)30-27(25)32-28(31-26)33-15-5-2-6-16-33/h1,3-4,7,9-12,17,23H,2,5-6,8,13-16H2,(H3,29,30,31,32)/t23-/m1/s1. The minimum absolute atomic E-state index is 0.156. The average Bonchev–Trinajstić information content (AvgIpc) is 2.89. The molecule has 178 valence electrons. The van der Waals surface area contributed by atoms with Crippen LogP contribution in [0, 0.1) is 0 Å². The number of nitrogens with one attached hydrogen (secondary N) is 1. The molecule has 7 nitrogen and oxygen atoms in total. The molecule has 0 radical (unpaired) electrons. The topological polar surface area (TPSA) is 93.4 Å². The Bertz CT molecular complexity index is 1300. The Hall–Kier alpha value is -3.87. The Morgan fingerprint density at radius 2 is 1.71 bits per heavy atom. The number of hydrogen-bond acceptors (Lipinski definition) is 7. The van der Waals surface area contributed by atoms with Crippen molar-refractivity contribution >= 4 is 23.4 Å². The summed E-state index contributed by atoms with van der Waals surface area (Å²) < 4.78 is 6.10. The molecule has 1 saturated heterocycles. The summed E-state index contributed by atoms with van der Waals surface area (Å²) in [4.78, 5) is 25.1. The van der Waals surface area contributed by atoms with E-state index in [1.54, 1.807) is 0 Å². The number of nitrogens with zero attached hydrogens (tertiary/aromatic N) is 3. The molecule has 1 fully saturated rings. The molecule has 0 bridgehead atoms. The highest BCUT2D eigenvalue weighted by atomic mass is 16.5. The number of piperidine rings is 1. The maximum atomic E-state index is 13.2. The average molecular weight is 468 g/mol. The first-order valence-electron chi connectivity index (χ1n) is 12.5. The van der Waals surface area contributed by atoms with E-state index in [1.807, 2.05) is 54.6 Å². The van der Waals surface area contributed by atoms with Gasteiger partial charge in [-0.05, 0) is 61.9 Å². The van der Waals surface area contributed by atoms with Crippen molar-refractivity contribution in [3.05, 3.63) is 77.0 Å². The van der Waals surface area contributed by atoms with Gasteiger partial charge in [0.05, 0.1) is 0 Å². The van der Waals surface area contributed by atoms with Crippen LogP contribution in [0.3, 0.4) is 0 Å². The number of aromatic nitrogens is 2. The van der Waals surface area contributed by atoms with Crippen LogP contribution in [0.1, 0.15) is 55.6 Å². The van der Waals surface area contributed by atoms with Crippen molar-refractivity contribution in [2.45, 2.75) is 44.4 Å². The molecule has 0 amide bonds. The van der Waals surface area contributed by atoms with Gasteiger partial charge >= 0.3 is 0 Å². The first-order chi connectivity index (χ1) is 17.2. The third kappa shape index (κ3) is 4.11. The highest BCUT2D eigenvalue weighted by Crippen LogP contribution is 2.47. The third-order valence-electron chi connectivity index (χ3n) is 7.08. The van der Waals surface area contributed by atoms with E-state index in [0.29, 0.717) is 29.8 Å². The van der Waals surface area contributed by atoms with Gasteiger partial charge in [-0.25, -0.2) is 0 Å². The molecule has 1 aliphatic carbocycles. The van der Waals surface area contributed by atoms with Crippen molar-refractivity contribution < 1.29 is 9.53 Å². The van der Waals surface area contributed by atoms with E-state index in [4.69, 9.17) is 20.4 Å². The molecule has 2 aliphatic heterocycles. The number of ether oxygens (including phenoxy) is 1. The van der Waals surface area contributed by atoms with Crippen LogP contribution in [-0.4, -0.2) is 28.8 Å². The number of carbonyl (C=O) groups is 1. The minimum Gasteiger partial charge on any atom is -0.457 e. The molecule has 3 N–H and O–H groups in total. The summed E-state index contributed by atoms with van der Waals surface area (Å²) in [5.74, 6) is 3.10. The van der Waals surface area contributed by atoms with Gasteiger partial charge in [-0.1, -0.05) is 30.3 Å². The van der Waals surface area contributed by atoms with Crippen molar-refractivity contribution in [3.8, 4) is 11.5 Å². The molecular formula is C28H29N5O2. The highest BCUT2D eigenvalue weighted by Gasteiger charge is 2.38. The Kier molecular flexibility index (Phi) is 5.60. The predicted octanol–water partition coefficient (Wildman–Crippen LogP) is 5.41. The second kappa shape index (κ2) is 9.06. The number of allylic oxidation sites excluding steroid dienone is 2. The number of nitrogens with two attached hydrogens (primary N) is 1. The van der Waals surface area contributed by atoms with Gasteiger partial charge in [0.25, 0.3) is 0 Å². The Balaban J connectivity index is 1.44. The van der Waals surface area contributed by atoms with Gasteiger partial charge in [0, 0.05) is 42.3 Å². The van der Waals surface area contributed by atoms with Crippen LogP contribution in [0.5, 0.6) is 11.5 Å². The predicted molar refractivity (Wildman–Crippen MR) is 137 cm³/mol. The van der Waals surface area contributed by atoms with Gasteiger partial charge in [-0.15, -0.1) is 0 Å². The zero-order valence-electron chi connectivity index (χ0n) is 19.7. The number of Topliss-reactive ketones (excluding diaryl/α,β-unsaturated/α-hetero) is 1. The Morgan fingerprint density at radius 1 is 0.914 bits per heavy atom. The molecule has 1 atom stereocenters. The van der Waals surface area contributed by atoms with Crippen LogP contribution < -0.4 is 20.7 Å². The van der Waals surface area contributed by atoms with E-state index < -0.39 is 0 Å². The number of carbonyl (C=O) groups excluding carboxylic acids is 1. The van der Waals surface area contributed by atoms with E-state index in [1.165, 1.54) is 6.42 Å². The highest BCUT2D eigenvalue weighted by molar-refractivity contribution is 6.01. The monoisotopic (exact) mass is 467 g/mol. The number of para-hydroxylation sites is 1. The molecule has 7 heteroatoms. The Morgan fingerprint density at radius 3 is 2.54 bits per heavy atom.